The first-order valence-corrected chi connectivity index (χ1v) is 11.0. The maximum absolute atomic E-state index is 12.7. The van der Waals surface area contributed by atoms with Crippen LogP contribution in [0.3, 0.4) is 0 Å². The molecule has 0 N–H and O–H groups in total. The van der Waals surface area contributed by atoms with E-state index in [0.29, 0.717) is 24.7 Å². The number of Topliss-reactive ketones (excluding diaryl/α,β-unsaturated/α-hetero) is 1. The first-order valence-electron chi connectivity index (χ1n) is 11.0. The number of esters is 1. The first-order chi connectivity index (χ1) is 12.8. The van der Waals surface area contributed by atoms with Crippen LogP contribution in [0.2, 0.25) is 0 Å². The lowest BCUT2D eigenvalue weighted by molar-refractivity contribution is -0.277. The van der Waals surface area contributed by atoms with Gasteiger partial charge in [-0.3, -0.25) is 4.79 Å². The van der Waals surface area contributed by atoms with Crippen molar-refractivity contribution in [3.05, 3.63) is 12.2 Å². The molecule has 0 spiro atoms. The fourth-order valence-corrected chi connectivity index (χ4v) is 6.38. The largest absolute Gasteiger partial charge is 0.456 e. The molecule has 2 saturated heterocycles. The maximum atomic E-state index is 12.7. The Bertz CT molecular complexity index is 634. The summed E-state index contributed by atoms with van der Waals surface area (Å²) in [5.41, 5.74) is -1.26. The van der Waals surface area contributed by atoms with Crippen LogP contribution in [0.5, 0.6) is 0 Å². The Labute approximate surface area is 163 Å². The molecule has 0 aromatic heterocycles. The van der Waals surface area contributed by atoms with Crippen LogP contribution in [0.1, 0.15) is 78.6 Å². The molecule has 6 unspecified atom stereocenters. The Morgan fingerprint density at radius 2 is 1.89 bits per heavy atom. The Balaban J connectivity index is 1.53. The number of allylic oxidation sites excluding steroid dienone is 1. The smallest absolute Gasteiger partial charge is 0.330 e. The van der Waals surface area contributed by atoms with E-state index in [1.807, 2.05) is 13.8 Å². The van der Waals surface area contributed by atoms with Gasteiger partial charge in [0, 0.05) is 24.3 Å². The van der Waals surface area contributed by atoms with E-state index in [1.165, 1.54) is 32.1 Å². The number of carbonyl (C=O) groups is 2. The summed E-state index contributed by atoms with van der Waals surface area (Å²) in [6.45, 7) is 6.26. The van der Waals surface area contributed by atoms with Crippen molar-refractivity contribution in [3.8, 4) is 0 Å². The molecule has 4 heteroatoms. The number of ketones is 1. The molecule has 2 aliphatic carbocycles. The van der Waals surface area contributed by atoms with Gasteiger partial charge in [0.05, 0.1) is 0 Å². The van der Waals surface area contributed by atoms with E-state index in [2.05, 4.69) is 13.0 Å². The molecule has 150 valence electrons. The number of rotatable bonds is 3. The van der Waals surface area contributed by atoms with Crippen molar-refractivity contribution in [1.29, 1.82) is 0 Å². The lowest BCUT2D eigenvalue weighted by atomic mass is 9.63. The highest BCUT2D eigenvalue weighted by atomic mass is 16.6. The molecule has 4 rings (SSSR count). The first kappa shape index (κ1) is 19.2. The standard InChI is InChI=1S/C23H34O4/c1-15-9-11-17-20(15)21(22(2)14-13-18(24)23(17,3)27-22)26-19(25)12-10-16-7-5-4-6-8-16/h10,12,15-17,20-21H,4-9,11,13-14H2,1-3H3. The van der Waals surface area contributed by atoms with Gasteiger partial charge in [0.25, 0.3) is 0 Å². The van der Waals surface area contributed by atoms with Gasteiger partial charge in [-0.1, -0.05) is 32.3 Å². The fourth-order valence-electron chi connectivity index (χ4n) is 6.38. The summed E-state index contributed by atoms with van der Waals surface area (Å²) in [5.74, 6) is 1.32. The van der Waals surface area contributed by atoms with Crippen molar-refractivity contribution >= 4 is 11.8 Å². The van der Waals surface area contributed by atoms with Crippen LogP contribution in [0.4, 0.5) is 0 Å². The van der Waals surface area contributed by atoms with Gasteiger partial charge in [0.2, 0.25) is 0 Å². The van der Waals surface area contributed by atoms with E-state index in [9.17, 15) is 9.59 Å². The van der Waals surface area contributed by atoms with Crippen LogP contribution in [-0.4, -0.2) is 29.1 Å². The number of ether oxygens (including phenoxy) is 2. The summed E-state index contributed by atoms with van der Waals surface area (Å²) in [4.78, 5) is 25.3. The van der Waals surface area contributed by atoms with Crippen molar-refractivity contribution in [3.63, 3.8) is 0 Å². The van der Waals surface area contributed by atoms with Gasteiger partial charge >= 0.3 is 5.97 Å². The van der Waals surface area contributed by atoms with E-state index in [0.717, 1.165) is 12.8 Å². The molecule has 0 radical (unpaired) electrons. The van der Waals surface area contributed by atoms with E-state index in [1.54, 1.807) is 6.08 Å². The Kier molecular flexibility index (Phi) is 4.99. The average Bonchev–Trinajstić information content (AvgIpc) is 3.04. The molecule has 27 heavy (non-hydrogen) atoms. The van der Waals surface area contributed by atoms with Gasteiger partial charge in [-0.25, -0.2) is 4.79 Å². The Morgan fingerprint density at radius 3 is 2.63 bits per heavy atom. The Morgan fingerprint density at radius 1 is 1.15 bits per heavy atom. The fraction of sp³-hybridized carbons (Fsp3) is 0.826. The molecule has 2 aliphatic heterocycles. The zero-order valence-corrected chi connectivity index (χ0v) is 17.0. The highest BCUT2D eigenvalue weighted by Crippen LogP contribution is 2.57. The van der Waals surface area contributed by atoms with Crippen LogP contribution < -0.4 is 0 Å². The minimum Gasteiger partial charge on any atom is -0.456 e. The van der Waals surface area contributed by atoms with Crippen LogP contribution in [0, 0.1) is 23.7 Å². The molecule has 4 fully saturated rings. The molecule has 0 amide bonds. The monoisotopic (exact) mass is 374 g/mol. The molecule has 2 bridgehead atoms. The second-order valence-electron chi connectivity index (χ2n) is 9.80. The van der Waals surface area contributed by atoms with E-state index in [4.69, 9.17) is 9.47 Å². The predicted octanol–water partition coefficient (Wildman–Crippen LogP) is 4.61. The zero-order valence-electron chi connectivity index (χ0n) is 17.0. The second kappa shape index (κ2) is 7.02. The molecule has 4 nitrogen and oxygen atoms in total. The third kappa shape index (κ3) is 3.28. The van der Waals surface area contributed by atoms with Gasteiger partial charge < -0.3 is 9.47 Å². The minimum atomic E-state index is -0.705. The quantitative estimate of drug-likeness (QED) is 0.535. The minimum absolute atomic E-state index is 0.161. The lowest BCUT2D eigenvalue weighted by Crippen LogP contribution is -2.68. The zero-order chi connectivity index (χ0) is 19.2. The van der Waals surface area contributed by atoms with Gasteiger partial charge in [0.15, 0.2) is 5.78 Å². The SMILES string of the molecule is CC1CCC2C1C(OC(=O)C=CC1CCCCC1)C1(C)CCC(=O)C2(C)O1. The van der Waals surface area contributed by atoms with Crippen molar-refractivity contribution < 1.29 is 19.1 Å². The summed E-state index contributed by atoms with van der Waals surface area (Å²) in [6, 6.07) is 0. The van der Waals surface area contributed by atoms with Gasteiger partial charge in [-0.2, -0.15) is 0 Å². The summed E-state index contributed by atoms with van der Waals surface area (Å²) in [5, 5.41) is 0. The van der Waals surface area contributed by atoms with Crippen LogP contribution in [0.15, 0.2) is 12.2 Å². The number of hydrogen-bond acceptors (Lipinski definition) is 4. The van der Waals surface area contributed by atoms with Crippen molar-refractivity contribution in [2.75, 3.05) is 0 Å². The summed E-state index contributed by atoms with van der Waals surface area (Å²) in [6.07, 6.45) is 12.8. The van der Waals surface area contributed by atoms with Crippen LogP contribution >= 0.6 is 0 Å². The van der Waals surface area contributed by atoms with E-state index >= 15 is 0 Å². The summed E-state index contributed by atoms with van der Waals surface area (Å²) >= 11 is 0. The van der Waals surface area contributed by atoms with Gasteiger partial charge in [-0.15, -0.1) is 0 Å². The summed E-state index contributed by atoms with van der Waals surface area (Å²) in [7, 11) is 0. The molecule has 0 aromatic rings. The highest BCUT2D eigenvalue weighted by molar-refractivity contribution is 5.89. The lowest BCUT2D eigenvalue weighted by Gasteiger charge is -2.57. The average molecular weight is 375 g/mol. The van der Waals surface area contributed by atoms with Gasteiger partial charge in [-0.05, 0) is 57.8 Å². The van der Waals surface area contributed by atoms with Crippen LogP contribution in [-0.2, 0) is 19.1 Å². The maximum Gasteiger partial charge on any atom is 0.330 e. The number of hydrogen-bond donors (Lipinski definition) is 0. The second-order valence-corrected chi connectivity index (χ2v) is 9.80. The highest BCUT2D eigenvalue weighted by Gasteiger charge is 2.65. The van der Waals surface area contributed by atoms with Gasteiger partial charge in [0.1, 0.15) is 17.3 Å². The molecule has 6 atom stereocenters. The van der Waals surface area contributed by atoms with Crippen molar-refractivity contribution in [1.82, 2.24) is 0 Å². The molecule has 2 saturated carbocycles. The predicted molar refractivity (Wildman–Crippen MR) is 103 cm³/mol. The molecule has 4 aliphatic rings. The van der Waals surface area contributed by atoms with Crippen LogP contribution in [0.25, 0.3) is 0 Å². The molecule has 0 aromatic carbocycles. The van der Waals surface area contributed by atoms with E-state index in [-0.39, 0.29) is 29.7 Å². The Hall–Kier alpha value is -1.16. The third-order valence-corrected chi connectivity index (χ3v) is 7.96. The summed E-state index contributed by atoms with van der Waals surface area (Å²) < 4.78 is 12.5. The van der Waals surface area contributed by atoms with Crippen molar-refractivity contribution in [2.24, 2.45) is 23.7 Å². The van der Waals surface area contributed by atoms with Crippen molar-refractivity contribution in [2.45, 2.75) is 95.9 Å². The number of fused-ring (bicyclic) bond motifs is 4. The topological polar surface area (TPSA) is 52.6 Å². The normalized spacial score (nSPS) is 45.1. The van der Waals surface area contributed by atoms with E-state index < -0.39 is 11.2 Å². The molecular formula is C23H34O4. The number of carbonyl (C=O) groups excluding carboxylic acids is 2. The third-order valence-electron chi connectivity index (χ3n) is 7.96. The molecule has 2 heterocycles. The molecular weight excluding hydrogens is 340 g/mol.